The van der Waals surface area contributed by atoms with Gasteiger partial charge in [0.25, 0.3) is 6.43 Å². The molecule has 1 heterocycles. The summed E-state index contributed by atoms with van der Waals surface area (Å²) < 4.78 is 30.6. The van der Waals surface area contributed by atoms with Crippen LogP contribution in [0, 0.1) is 6.92 Å². The highest BCUT2D eigenvalue weighted by Crippen LogP contribution is 2.25. The molecule has 0 bridgehead atoms. The van der Waals surface area contributed by atoms with Gasteiger partial charge in [-0.15, -0.1) is 0 Å². The van der Waals surface area contributed by atoms with Crippen LogP contribution in [0.4, 0.5) is 8.78 Å². The van der Waals surface area contributed by atoms with Gasteiger partial charge in [-0.2, -0.15) is 0 Å². The van der Waals surface area contributed by atoms with Gasteiger partial charge in [0, 0.05) is 12.2 Å². The standard InChI is InChI=1S/C12H16F2N2O2/c1-3-18-10(17)5-9-8(6-15)4-7(2)16-11(9)12(13)14/h4,12H,3,5-6,15H2,1-2H3. The number of halogens is 2. The van der Waals surface area contributed by atoms with Gasteiger partial charge in [-0.1, -0.05) is 0 Å². The van der Waals surface area contributed by atoms with E-state index in [0.717, 1.165) is 0 Å². The second-order valence-corrected chi connectivity index (χ2v) is 3.77. The Kier molecular flexibility index (Phi) is 5.15. The second kappa shape index (κ2) is 6.39. The number of aromatic nitrogens is 1. The molecular formula is C12H16F2N2O2. The monoisotopic (exact) mass is 258 g/mol. The molecule has 1 aromatic rings. The topological polar surface area (TPSA) is 65.2 Å². The Morgan fingerprint density at radius 1 is 1.56 bits per heavy atom. The fourth-order valence-electron chi connectivity index (χ4n) is 1.72. The van der Waals surface area contributed by atoms with Crippen LogP contribution in [0.15, 0.2) is 6.07 Å². The van der Waals surface area contributed by atoms with Gasteiger partial charge in [-0.05, 0) is 31.0 Å². The number of carbonyl (C=O) groups is 1. The second-order valence-electron chi connectivity index (χ2n) is 3.77. The van der Waals surface area contributed by atoms with Crippen molar-refractivity contribution in [3.05, 3.63) is 28.6 Å². The summed E-state index contributed by atoms with van der Waals surface area (Å²) in [5.74, 6) is -0.556. The number of hydrogen-bond acceptors (Lipinski definition) is 4. The van der Waals surface area contributed by atoms with Crippen molar-refractivity contribution in [2.24, 2.45) is 5.73 Å². The van der Waals surface area contributed by atoms with Crippen LogP contribution in [0.5, 0.6) is 0 Å². The lowest BCUT2D eigenvalue weighted by Gasteiger charge is -2.13. The molecule has 2 N–H and O–H groups in total. The van der Waals surface area contributed by atoms with Crippen LogP contribution in [0.2, 0.25) is 0 Å². The molecule has 18 heavy (non-hydrogen) atoms. The zero-order chi connectivity index (χ0) is 13.7. The quantitative estimate of drug-likeness (QED) is 0.819. The highest BCUT2D eigenvalue weighted by molar-refractivity contribution is 5.73. The van der Waals surface area contributed by atoms with Gasteiger partial charge in [0.1, 0.15) is 5.69 Å². The van der Waals surface area contributed by atoms with E-state index in [9.17, 15) is 13.6 Å². The summed E-state index contributed by atoms with van der Waals surface area (Å²) >= 11 is 0. The molecule has 0 amide bonds. The van der Waals surface area contributed by atoms with Crippen LogP contribution in [-0.2, 0) is 22.5 Å². The molecule has 1 aromatic heterocycles. The zero-order valence-electron chi connectivity index (χ0n) is 10.4. The van der Waals surface area contributed by atoms with Gasteiger partial charge in [-0.3, -0.25) is 9.78 Å². The van der Waals surface area contributed by atoms with Crippen molar-refractivity contribution >= 4 is 5.97 Å². The Labute approximate surface area is 104 Å². The van der Waals surface area contributed by atoms with E-state index in [2.05, 4.69) is 4.98 Å². The first-order chi connectivity index (χ1) is 8.49. The minimum absolute atomic E-state index is 0.0812. The predicted octanol–water partition coefficient (Wildman–Crippen LogP) is 1.89. The molecule has 0 saturated heterocycles. The van der Waals surface area contributed by atoms with E-state index < -0.39 is 12.4 Å². The van der Waals surface area contributed by atoms with Gasteiger partial charge in [0.15, 0.2) is 0 Å². The predicted molar refractivity (Wildman–Crippen MR) is 62.2 cm³/mol. The first-order valence-electron chi connectivity index (χ1n) is 5.62. The molecule has 0 aromatic carbocycles. The number of ether oxygens (including phenoxy) is 1. The highest BCUT2D eigenvalue weighted by Gasteiger charge is 2.21. The van der Waals surface area contributed by atoms with Crippen LogP contribution >= 0.6 is 0 Å². The molecule has 0 saturated carbocycles. The number of nitrogens with zero attached hydrogens (tertiary/aromatic N) is 1. The minimum atomic E-state index is -2.74. The molecule has 0 aliphatic rings. The third kappa shape index (κ3) is 3.46. The molecule has 0 aliphatic carbocycles. The van der Waals surface area contributed by atoms with Crippen LogP contribution in [-0.4, -0.2) is 17.6 Å². The first kappa shape index (κ1) is 14.5. The normalized spacial score (nSPS) is 10.8. The lowest BCUT2D eigenvalue weighted by molar-refractivity contribution is -0.142. The van der Waals surface area contributed by atoms with Crippen LogP contribution < -0.4 is 5.73 Å². The van der Waals surface area contributed by atoms with E-state index >= 15 is 0 Å². The highest BCUT2D eigenvalue weighted by atomic mass is 19.3. The summed E-state index contributed by atoms with van der Waals surface area (Å²) in [5, 5.41) is 0. The minimum Gasteiger partial charge on any atom is -0.466 e. The summed E-state index contributed by atoms with van der Waals surface area (Å²) in [6.45, 7) is 3.56. The average Bonchev–Trinajstić information content (AvgIpc) is 2.30. The van der Waals surface area contributed by atoms with E-state index in [4.69, 9.17) is 10.5 Å². The molecule has 0 unspecified atom stereocenters. The van der Waals surface area contributed by atoms with Gasteiger partial charge >= 0.3 is 5.97 Å². The molecule has 0 spiro atoms. The smallest absolute Gasteiger partial charge is 0.310 e. The van der Waals surface area contributed by atoms with Crippen molar-refractivity contribution < 1.29 is 18.3 Å². The number of carbonyl (C=O) groups excluding carboxylic acids is 1. The number of nitrogens with two attached hydrogens (primary N) is 1. The van der Waals surface area contributed by atoms with Gasteiger partial charge in [-0.25, -0.2) is 8.78 Å². The molecule has 4 nitrogen and oxygen atoms in total. The number of rotatable bonds is 5. The van der Waals surface area contributed by atoms with Crippen molar-refractivity contribution in [3.8, 4) is 0 Å². The number of pyridine rings is 1. The van der Waals surface area contributed by atoms with Crippen LogP contribution in [0.25, 0.3) is 0 Å². The SMILES string of the molecule is CCOC(=O)Cc1c(CN)cc(C)nc1C(F)F. The van der Waals surface area contributed by atoms with Crippen molar-refractivity contribution in [3.63, 3.8) is 0 Å². The number of hydrogen-bond donors (Lipinski definition) is 1. The molecule has 0 aliphatic heterocycles. The van der Waals surface area contributed by atoms with Crippen molar-refractivity contribution in [2.75, 3.05) is 6.61 Å². The van der Waals surface area contributed by atoms with Crippen LogP contribution in [0.3, 0.4) is 0 Å². The Hall–Kier alpha value is -1.56. The Balaban J connectivity index is 3.16. The third-order valence-corrected chi connectivity index (χ3v) is 2.43. The lowest BCUT2D eigenvalue weighted by Crippen LogP contribution is -2.15. The summed E-state index contributed by atoms with van der Waals surface area (Å²) in [6.07, 6.45) is -2.97. The third-order valence-electron chi connectivity index (χ3n) is 2.43. The Morgan fingerprint density at radius 3 is 2.72 bits per heavy atom. The number of alkyl halides is 2. The maximum absolute atomic E-state index is 12.9. The van der Waals surface area contributed by atoms with Crippen LogP contribution in [0.1, 0.15) is 35.9 Å². The lowest BCUT2D eigenvalue weighted by atomic mass is 10.0. The van der Waals surface area contributed by atoms with E-state index in [0.29, 0.717) is 11.3 Å². The summed E-state index contributed by atoms with van der Waals surface area (Å²) in [4.78, 5) is 15.2. The summed E-state index contributed by atoms with van der Waals surface area (Å²) in [5.41, 5.74) is 6.27. The zero-order valence-corrected chi connectivity index (χ0v) is 10.4. The Bertz CT molecular complexity index is 436. The molecule has 100 valence electrons. The largest absolute Gasteiger partial charge is 0.466 e. The first-order valence-corrected chi connectivity index (χ1v) is 5.62. The molecular weight excluding hydrogens is 242 g/mol. The van der Waals surface area contributed by atoms with E-state index in [1.165, 1.54) is 0 Å². The van der Waals surface area contributed by atoms with Gasteiger partial charge < -0.3 is 10.5 Å². The molecule has 0 fully saturated rings. The molecule has 1 rings (SSSR count). The van der Waals surface area contributed by atoms with E-state index in [-0.39, 0.29) is 30.8 Å². The average molecular weight is 258 g/mol. The number of esters is 1. The number of aryl methyl sites for hydroxylation is 1. The fraction of sp³-hybridized carbons (Fsp3) is 0.500. The van der Waals surface area contributed by atoms with E-state index in [1.54, 1.807) is 19.9 Å². The van der Waals surface area contributed by atoms with Crippen molar-refractivity contribution in [2.45, 2.75) is 33.2 Å². The maximum atomic E-state index is 12.9. The summed E-state index contributed by atoms with van der Waals surface area (Å²) in [7, 11) is 0. The summed E-state index contributed by atoms with van der Waals surface area (Å²) in [6, 6.07) is 1.61. The van der Waals surface area contributed by atoms with E-state index in [1.807, 2.05) is 0 Å². The maximum Gasteiger partial charge on any atom is 0.310 e. The molecule has 0 atom stereocenters. The van der Waals surface area contributed by atoms with Crippen molar-refractivity contribution in [1.82, 2.24) is 4.98 Å². The fourth-order valence-corrected chi connectivity index (χ4v) is 1.72. The van der Waals surface area contributed by atoms with Crippen molar-refractivity contribution in [1.29, 1.82) is 0 Å². The van der Waals surface area contributed by atoms with Gasteiger partial charge in [0.2, 0.25) is 0 Å². The molecule has 6 heteroatoms. The Morgan fingerprint density at radius 2 is 2.22 bits per heavy atom. The van der Waals surface area contributed by atoms with Gasteiger partial charge in [0.05, 0.1) is 13.0 Å². The molecule has 0 radical (unpaired) electrons.